The number of hydrogen-bond acceptors (Lipinski definition) is 6. The molecule has 1 amide bonds. The smallest absolute Gasteiger partial charge is 0.300 e. The number of anilines is 1. The number of Topliss-reactive ketones (excluding diaryl/α,β-unsaturated/α-hetero) is 1. The van der Waals surface area contributed by atoms with Gasteiger partial charge in [-0.05, 0) is 55.5 Å². The molecule has 33 heavy (non-hydrogen) atoms. The lowest BCUT2D eigenvalue weighted by molar-refractivity contribution is -0.132. The first-order chi connectivity index (χ1) is 15.9. The fourth-order valence-corrected chi connectivity index (χ4v) is 4.17. The Kier molecular flexibility index (Phi) is 6.35. The minimum Gasteiger partial charge on any atom is -0.507 e. The lowest BCUT2D eigenvalue weighted by atomic mass is 9.99. The van der Waals surface area contributed by atoms with Crippen molar-refractivity contribution < 1.29 is 28.6 Å². The molecule has 1 saturated heterocycles. The van der Waals surface area contributed by atoms with Crippen LogP contribution in [0.4, 0.5) is 5.69 Å². The maximum atomic E-state index is 13.2. The molecular weight excluding hydrogens is 469 g/mol. The zero-order valence-electron chi connectivity index (χ0n) is 17.7. The number of hydrogen-bond donors (Lipinski definition) is 1. The topological polar surface area (TPSA) is 89.2 Å². The first-order valence-electron chi connectivity index (χ1n) is 9.98. The van der Waals surface area contributed by atoms with Gasteiger partial charge >= 0.3 is 0 Å². The molecule has 7 nitrogen and oxygen atoms in total. The number of aliphatic hydroxyl groups excluding tert-OH is 1. The zero-order chi connectivity index (χ0) is 23.7. The van der Waals surface area contributed by atoms with Crippen LogP contribution in [-0.2, 0) is 9.59 Å². The normalized spacial score (nSPS) is 17.5. The number of furan rings is 1. The number of rotatable bonds is 6. The first-order valence-corrected chi connectivity index (χ1v) is 10.7. The second-order valence-corrected chi connectivity index (χ2v) is 7.89. The molecule has 1 fully saturated rings. The first kappa shape index (κ1) is 22.8. The summed E-state index contributed by atoms with van der Waals surface area (Å²) in [5, 5.41) is 11.6. The van der Waals surface area contributed by atoms with E-state index < -0.39 is 23.5 Å². The standard InChI is InChI=1S/C24H19Cl2NO6/c1-3-32-14-7-8-16(25)15(12-14)22(28)20-21(19-5-4-10-33-19)27(24(30)23(20)29)13-6-9-18(31-2)17(26)11-13/h4-12,21,28H,3H2,1-2H3/b22-20-. The van der Waals surface area contributed by atoms with Gasteiger partial charge in [-0.15, -0.1) is 0 Å². The Labute approximate surface area is 199 Å². The number of carbonyl (C=O) groups excluding carboxylic acids is 2. The van der Waals surface area contributed by atoms with Crippen molar-refractivity contribution >= 4 is 46.3 Å². The number of ether oxygens (including phenoxy) is 2. The number of ketones is 1. The van der Waals surface area contributed by atoms with Gasteiger partial charge in [0.25, 0.3) is 11.7 Å². The van der Waals surface area contributed by atoms with Crippen molar-refractivity contribution in [3.8, 4) is 11.5 Å². The maximum absolute atomic E-state index is 13.2. The number of aliphatic hydroxyl groups is 1. The van der Waals surface area contributed by atoms with Gasteiger partial charge in [0.1, 0.15) is 29.1 Å². The molecular formula is C24H19Cl2NO6. The summed E-state index contributed by atoms with van der Waals surface area (Å²) < 4.78 is 16.2. The lowest BCUT2D eigenvalue weighted by Crippen LogP contribution is -2.29. The van der Waals surface area contributed by atoms with Crippen LogP contribution in [0.5, 0.6) is 11.5 Å². The molecule has 2 heterocycles. The fraction of sp³-hybridized carbons (Fsp3) is 0.167. The molecule has 0 radical (unpaired) electrons. The molecule has 170 valence electrons. The molecule has 0 spiro atoms. The van der Waals surface area contributed by atoms with Crippen LogP contribution >= 0.6 is 23.2 Å². The minimum absolute atomic E-state index is 0.157. The second-order valence-electron chi connectivity index (χ2n) is 7.08. The summed E-state index contributed by atoms with van der Waals surface area (Å²) in [6.07, 6.45) is 1.42. The van der Waals surface area contributed by atoms with Gasteiger partial charge in [0, 0.05) is 11.3 Å². The summed E-state index contributed by atoms with van der Waals surface area (Å²) >= 11 is 12.6. The number of carbonyl (C=O) groups is 2. The van der Waals surface area contributed by atoms with Gasteiger partial charge in [0.15, 0.2) is 0 Å². The number of benzene rings is 2. The monoisotopic (exact) mass is 487 g/mol. The van der Waals surface area contributed by atoms with E-state index in [1.165, 1.54) is 30.4 Å². The Hall–Kier alpha value is -3.42. The molecule has 0 aliphatic carbocycles. The van der Waals surface area contributed by atoms with Gasteiger partial charge in [-0.3, -0.25) is 14.5 Å². The quantitative estimate of drug-likeness (QED) is 0.275. The van der Waals surface area contributed by atoms with E-state index in [4.69, 9.17) is 37.1 Å². The zero-order valence-corrected chi connectivity index (χ0v) is 19.2. The summed E-state index contributed by atoms with van der Waals surface area (Å²) in [6.45, 7) is 2.22. The van der Waals surface area contributed by atoms with E-state index >= 15 is 0 Å². The summed E-state index contributed by atoms with van der Waals surface area (Å²) in [5.74, 6) is -1.04. The molecule has 2 aromatic carbocycles. The van der Waals surface area contributed by atoms with Crippen molar-refractivity contribution in [1.82, 2.24) is 0 Å². The van der Waals surface area contributed by atoms with Crippen LogP contribution in [0.3, 0.4) is 0 Å². The molecule has 1 aliphatic rings. The van der Waals surface area contributed by atoms with E-state index in [1.54, 1.807) is 36.4 Å². The van der Waals surface area contributed by atoms with Crippen molar-refractivity contribution in [3.05, 3.63) is 81.7 Å². The predicted octanol–water partition coefficient (Wildman–Crippen LogP) is 5.62. The highest BCUT2D eigenvalue weighted by atomic mass is 35.5. The second kappa shape index (κ2) is 9.21. The van der Waals surface area contributed by atoms with Gasteiger partial charge < -0.3 is 19.0 Å². The molecule has 3 aromatic rings. The molecule has 4 rings (SSSR count). The SMILES string of the molecule is CCOc1ccc(Cl)c(/C(O)=C2/C(=O)C(=O)N(c3ccc(OC)c(Cl)c3)C2c2ccco2)c1. The van der Waals surface area contributed by atoms with Crippen molar-refractivity contribution in [2.45, 2.75) is 13.0 Å². The molecule has 1 atom stereocenters. The van der Waals surface area contributed by atoms with Gasteiger partial charge in [0.2, 0.25) is 0 Å². The number of amides is 1. The summed E-state index contributed by atoms with van der Waals surface area (Å²) in [6, 6.07) is 11.6. The minimum atomic E-state index is -1.05. The Morgan fingerprint density at radius 1 is 1.12 bits per heavy atom. The van der Waals surface area contributed by atoms with Crippen LogP contribution in [-0.4, -0.2) is 30.5 Å². The number of methoxy groups -OCH3 is 1. The largest absolute Gasteiger partial charge is 0.507 e. The highest BCUT2D eigenvalue weighted by molar-refractivity contribution is 6.52. The van der Waals surface area contributed by atoms with Crippen LogP contribution in [0.25, 0.3) is 5.76 Å². The van der Waals surface area contributed by atoms with E-state index in [0.29, 0.717) is 23.8 Å². The fourth-order valence-electron chi connectivity index (χ4n) is 3.71. The molecule has 1 aromatic heterocycles. The van der Waals surface area contributed by atoms with Crippen molar-refractivity contribution in [2.24, 2.45) is 0 Å². The summed E-state index contributed by atoms with van der Waals surface area (Å²) in [5.41, 5.74) is 0.319. The predicted molar refractivity (Wildman–Crippen MR) is 124 cm³/mol. The average Bonchev–Trinajstić information content (AvgIpc) is 3.42. The molecule has 0 saturated carbocycles. The number of halogens is 2. The molecule has 0 bridgehead atoms. The van der Waals surface area contributed by atoms with E-state index in [9.17, 15) is 14.7 Å². The summed E-state index contributed by atoms with van der Waals surface area (Å²) in [7, 11) is 1.47. The van der Waals surface area contributed by atoms with E-state index in [-0.39, 0.29) is 26.9 Å². The highest BCUT2D eigenvalue weighted by Gasteiger charge is 2.48. The van der Waals surface area contributed by atoms with Crippen LogP contribution in [0, 0.1) is 0 Å². The Morgan fingerprint density at radius 3 is 2.55 bits per heavy atom. The molecule has 1 unspecified atom stereocenters. The Morgan fingerprint density at radius 2 is 1.91 bits per heavy atom. The number of nitrogens with zero attached hydrogens (tertiary/aromatic N) is 1. The molecule has 9 heteroatoms. The maximum Gasteiger partial charge on any atom is 0.300 e. The van der Waals surface area contributed by atoms with Crippen LogP contribution < -0.4 is 14.4 Å². The van der Waals surface area contributed by atoms with Crippen LogP contribution in [0.2, 0.25) is 10.0 Å². The van der Waals surface area contributed by atoms with E-state index in [2.05, 4.69) is 0 Å². The van der Waals surface area contributed by atoms with Crippen LogP contribution in [0.1, 0.15) is 24.3 Å². The van der Waals surface area contributed by atoms with Crippen molar-refractivity contribution in [3.63, 3.8) is 0 Å². The third kappa shape index (κ3) is 4.05. The average molecular weight is 488 g/mol. The Balaban J connectivity index is 1.92. The molecule has 1 aliphatic heterocycles. The van der Waals surface area contributed by atoms with Gasteiger partial charge in [-0.2, -0.15) is 0 Å². The van der Waals surface area contributed by atoms with Crippen LogP contribution in [0.15, 0.2) is 64.8 Å². The van der Waals surface area contributed by atoms with Crippen molar-refractivity contribution in [1.29, 1.82) is 0 Å². The third-order valence-corrected chi connectivity index (χ3v) is 5.80. The van der Waals surface area contributed by atoms with E-state index in [0.717, 1.165) is 0 Å². The summed E-state index contributed by atoms with van der Waals surface area (Å²) in [4.78, 5) is 27.5. The van der Waals surface area contributed by atoms with Gasteiger partial charge in [-0.1, -0.05) is 23.2 Å². The van der Waals surface area contributed by atoms with Gasteiger partial charge in [0.05, 0.1) is 35.6 Å². The lowest BCUT2D eigenvalue weighted by Gasteiger charge is -2.24. The Bertz CT molecular complexity index is 1250. The molecule has 1 N–H and O–H groups in total. The van der Waals surface area contributed by atoms with E-state index in [1.807, 2.05) is 6.92 Å². The van der Waals surface area contributed by atoms with Crippen molar-refractivity contribution in [2.75, 3.05) is 18.6 Å². The van der Waals surface area contributed by atoms with Gasteiger partial charge in [-0.25, -0.2) is 0 Å². The highest BCUT2D eigenvalue weighted by Crippen LogP contribution is 2.44. The third-order valence-electron chi connectivity index (χ3n) is 5.17.